The fourth-order valence-electron chi connectivity index (χ4n) is 1.79. The van der Waals surface area contributed by atoms with Crippen LogP contribution < -0.4 is 0 Å². The smallest absolute Gasteiger partial charge is 0.356 e. The van der Waals surface area contributed by atoms with E-state index in [0.29, 0.717) is 12.2 Å². The monoisotopic (exact) mass is 276 g/mol. The molecule has 0 saturated carbocycles. The van der Waals surface area contributed by atoms with E-state index in [4.69, 9.17) is 4.74 Å². The summed E-state index contributed by atoms with van der Waals surface area (Å²) in [6.07, 6.45) is 1.58. The summed E-state index contributed by atoms with van der Waals surface area (Å²) in [7, 11) is 1.38. The number of rotatable bonds is 5. The van der Waals surface area contributed by atoms with Crippen molar-refractivity contribution in [2.45, 2.75) is 18.6 Å². The van der Waals surface area contributed by atoms with Crippen LogP contribution >= 0.6 is 11.8 Å². The van der Waals surface area contributed by atoms with E-state index >= 15 is 0 Å². The van der Waals surface area contributed by atoms with Crippen LogP contribution in [0.1, 0.15) is 23.0 Å². The summed E-state index contributed by atoms with van der Waals surface area (Å²) < 4.78 is 6.70. The summed E-state index contributed by atoms with van der Waals surface area (Å²) in [5.74, 6) is 0.554. The van der Waals surface area contributed by atoms with Gasteiger partial charge in [-0.05, 0) is 11.3 Å². The first-order valence-electron chi connectivity index (χ1n) is 6.06. The molecule has 0 atom stereocenters. The van der Waals surface area contributed by atoms with E-state index in [2.05, 4.69) is 11.9 Å². The molecule has 1 aromatic heterocycles. The van der Waals surface area contributed by atoms with Gasteiger partial charge in [0, 0.05) is 0 Å². The molecule has 2 aromatic rings. The number of carbonyl (C=O) groups excluding carboxylic acids is 1. The molecular formula is C14H16N2O2S. The van der Waals surface area contributed by atoms with E-state index in [1.54, 1.807) is 18.0 Å². The number of imidazole rings is 1. The second kappa shape index (κ2) is 6.43. The SMILES string of the molecule is CCSc1ncc(C(=O)OC)n1Cc1ccccc1. The fraction of sp³-hybridized carbons (Fsp3) is 0.286. The topological polar surface area (TPSA) is 44.1 Å². The zero-order valence-electron chi connectivity index (χ0n) is 11.0. The van der Waals surface area contributed by atoms with E-state index in [1.165, 1.54) is 7.11 Å². The van der Waals surface area contributed by atoms with Crippen LogP contribution in [-0.2, 0) is 11.3 Å². The molecule has 0 amide bonds. The molecule has 0 aliphatic rings. The molecule has 0 radical (unpaired) electrons. The van der Waals surface area contributed by atoms with E-state index < -0.39 is 0 Å². The Kier molecular flexibility index (Phi) is 4.63. The predicted octanol–water partition coefficient (Wildman–Crippen LogP) is 2.83. The second-order valence-electron chi connectivity index (χ2n) is 3.92. The Morgan fingerprint density at radius 2 is 2.11 bits per heavy atom. The summed E-state index contributed by atoms with van der Waals surface area (Å²) in [4.78, 5) is 16.0. The van der Waals surface area contributed by atoms with Crippen LogP contribution in [0.5, 0.6) is 0 Å². The molecule has 0 saturated heterocycles. The standard InChI is InChI=1S/C14H16N2O2S/c1-3-19-14-15-9-12(13(17)18-2)16(14)10-11-7-5-4-6-8-11/h4-9H,3,10H2,1-2H3. The number of esters is 1. The minimum atomic E-state index is -0.355. The molecule has 0 aliphatic carbocycles. The van der Waals surface area contributed by atoms with Crippen molar-refractivity contribution >= 4 is 17.7 Å². The summed E-state index contributed by atoms with van der Waals surface area (Å²) in [6.45, 7) is 2.68. The molecule has 19 heavy (non-hydrogen) atoms. The molecule has 0 spiro atoms. The zero-order valence-corrected chi connectivity index (χ0v) is 11.8. The van der Waals surface area contributed by atoms with Crippen LogP contribution in [0.2, 0.25) is 0 Å². The molecule has 2 rings (SSSR count). The first-order chi connectivity index (χ1) is 9.26. The number of methoxy groups -OCH3 is 1. The molecule has 100 valence electrons. The molecule has 0 bridgehead atoms. The van der Waals surface area contributed by atoms with Gasteiger partial charge in [-0.25, -0.2) is 9.78 Å². The third-order valence-corrected chi connectivity index (χ3v) is 3.54. The maximum Gasteiger partial charge on any atom is 0.356 e. The van der Waals surface area contributed by atoms with Crippen LogP contribution in [0.4, 0.5) is 0 Å². The van der Waals surface area contributed by atoms with Crippen molar-refractivity contribution in [1.82, 2.24) is 9.55 Å². The van der Waals surface area contributed by atoms with Crippen molar-refractivity contribution in [3.63, 3.8) is 0 Å². The quantitative estimate of drug-likeness (QED) is 0.622. The van der Waals surface area contributed by atoms with Gasteiger partial charge in [-0.2, -0.15) is 0 Å². The number of nitrogens with zero attached hydrogens (tertiary/aromatic N) is 2. The molecular weight excluding hydrogens is 260 g/mol. The van der Waals surface area contributed by atoms with E-state index in [9.17, 15) is 4.79 Å². The lowest BCUT2D eigenvalue weighted by Gasteiger charge is -2.10. The van der Waals surface area contributed by atoms with Crippen molar-refractivity contribution in [3.8, 4) is 0 Å². The minimum Gasteiger partial charge on any atom is -0.464 e. The van der Waals surface area contributed by atoms with Gasteiger partial charge in [0.1, 0.15) is 5.69 Å². The van der Waals surface area contributed by atoms with Gasteiger partial charge in [-0.3, -0.25) is 0 Å². The van der Waals surface area contributed by atoms with Gasteiger partial charge in [0.2, 0.25) is 0 Å². The molecule has 0 aliphatic heterocycles. The van der Waals surface area contributed by atoms with Gasteiger partial charge < -0.3 is 9.30 Å². The molecule has 0 fully saturated rings. The maximum absolute atomic E-state index is 11.7. The molecule has 1 heterocycles. The van der Waals surface area contributed by atoms with Gasteiger partial charge in [-0.1, -0.05) is 49.0 Å². The highest BCUT2D eigenvalue weighted by Gasteiger charge is 2.17. The van der Waals surface area contributed by atoms with E-state index in [-0.39, 0.29) is 5.97 Å². The van der Waals surface area contributed by atoms with Crippen molar-refractivity contribution in [2.75, 3.05) is 12.9 Å². The van der Waals surface area contributed by atoms with Gasteiger partial charge in [0.15, 0.2) is 5.16 Å². The van der Waals surface area contributed by atoms with Gasteiger partial charge in [-0.15, -0.1) is 0 Å². The zero-order chi connectivity index (χ0) is 13.7. The predicted molar refractivity (Wildman–Crippen MR) is 75.5 cm³/mol. The summed E-state index contributed by atoms with van der Waals surface area (Å²) >= 11 is 1.61. The maximum atomic E-state index is 11.7. The number of thioether (sulfide) groups is 1. The van der Waals surface area contributed by atoms with Crippen molar-refractivity contribution < 1.29 is 9.53 Å². The molecule has 0 N–H and O–H groups in total. The average molecular weight is 276 g/mol. The first kappa shape index (κ1) is 13.7. The molecule has 5 heteroatoms. The minimum absolute atomic E-state index is 0.355. The average Bonchev–Trinajstić information content (AvgIpc) is 2.83. The Labute approximate surface area is 116 Å². The van der Waals surface area contributed by atoms with E-state index in [0.717, 1.165) is 16.5 Å². The molecule has 4 nitrogen and oxygen atoms in total. The van der Waals surface area contributed by atoms with Crippen LogP contribution in [0.15, 0.2) is 41.7 Å². The van der Waals surface area contributed by atoms with E-state index in [1.807, 2.05) is 34.9 Å². The van der Waals surface area contributed by atoms with Gasteiger partial charge in [0.05, 0.1) is 19.9 Å². The summed E-state index contributed by atoms with van der Waals surface area (Å²) in [6, 6.07) is 10.00. The normalized spacial score (nSPS) is 10.4. The van der Waals surface area contributed by atoms with Crippen molar-refractivity contribution in [1.29, 1.82) is 0 Å². The Morgan fingerprint density at radius 1 is 1.37 bits per heavy atom. The lowest BCUT2D eigenvalue weighted by atomic mass is 10.2. The number of carbonyl (C=O) groups is 1. The first-order valence-corrected chi connectivity index (χ1v) is 7.05. The van der Waals surface area contributed by atoms with Crippen LogP contribution in [0.3, 0.4) is 0 Å². The third-order valence-electron chi connectivity index (χ3n) is 2.67. The third kappa shape index (κ3) is 3.17. The Morgan fingerprint density at radius 3 is 2.74 bits per heavy atom. The largest absolute Gasteiger partial charge is 0.464 e. The Bertz CT molecular complexity index is 552. The number of hydrogen-bond acceptors (Lipinski definition) is 4. The number of ether oxygens (including phenoxy) is 1. The van der Waals surface area contributed by atoms with Gasteiger partial charge >= 0.3 is 5.97 Å². The Hall–Kier alpha value is -1.75. The summed E-state index contributed by atoms with van der Waals surface area (Å²) in [5.41, 5.74) is 1.62. The van der Waals surface area contributed by atoms with Crippen LogP contribution in [-0.4, -0.2) is 28.4 Å². The highest BCUT2D eigenvalue weighted by Crippen LogP contribution is 2.20. The highest BCUT2D eigenvalue weighted by molar-refractivity contribution is 7.99. The van der Waals surface area contributed by atoms with Crippen molar-refractivity contribution in [2.24, 2.45) is 0 Å². The van der Waals surface area contributed by atoms with Gasteiger partial charge in [0.25, 0.3) is 0 Å². The van der Waals surface area contributed by atoms with Crippen molar-refractivity contribution in [3.05, 3.63) is 47.8 Å². The lowest BCUT2D eigenvalue weighted by Crippen LogP contribution is -2.12. The number of aromatic nitrogens is 2. The highest BCUT2D eigenvalue weighted by atomic mass is 32.2. The summed E-state index contributed by atoms with van der Waals surface area (Å²) in [5, 5.41) is 0.840. The molecule has 1 aromatic carbocycles. The van der Waals surface area contributed by atoms with Crippen LogP contribution in [0.25, 0.3) is 0 Å². The lowest BCUT2D eigenvalue weighted by molar-refractivity contribution is 0.0588. The second-order valence-corrected chi connectivity index (χ2v) is 5.15. The Balaban J connectivity index is 2.34. The number of benzene rings is 1. The van der Waals surface area contributed by atoms with Crippen LogP contribution in [0, 0.1) is 0 Å². The molecule has 0 unspecified atom stereocenters. The fourth-order valence-corrected chi connectivity index (χ4v) is 2.49. The number of hydrogen-bond donors (Lipinski definition) is 0.